The van der Waals surface area contributed by atoms with Crippen molar-refractivity contribution >= 4 is 11.4 Å². The van der Waals surface area contributed by atoms with Crippen LogP contribution in [0.1, 0.15) is 26.2 Å². The first kappa shape index (κ1) is 11.0. The summed E-state index contributed by atoms with van der Waals surface area (Å²) < 4.78 is 0. The molecule has 5 nitrogen and oxygen atoms in total. The molecule has 0 amide bonds. The molecule has 0 radical (unpaired) electrons. The molecule has 0 aromatic carbocycles. The fraction of sp³-hybridized carbons (Fsp3) is 0.778. The summed E-state index contributed by atoms with van der Waals surface area (Å²) in [5.74, 6) is 0. The second-order valence-corrected chi connectivity index (χ2v) is 3.57. The average molecular weight is 199 g/mol. The van der Waals surface area contributed by atoms with E-state index in [0.29, 0.717) is 18.0 Å². The van der Waals surface area contributed by atoms with Gasteiger partial charge in [-0.15, -0.1) is 0 Å². The van der Waals surface area contributed by atoms with E-state index >= 15 is 0 Å². The van der Waals surface area contributed by atoms with Crippen molar-refractivity contribution in [2.24, 2.45) is 10.3 Å². The third-order valence-electron chi connectivity index (χ3n) is 2.51. The summed E-state index contributed by atoms with van der Waals surface area (Å²) in [4.78, 5) is 2.20. The maximum atomic E-state index is 8.73. The molecular weight excluding hydrogens is 182 g/mol. The third-order valence-corrected chi connectivity index (χ3v) is 2.51. The molecule has 1 saturated heterocycles. The van der Waals surface area contributed by atoms with Crippen molar-refractivity contribution in [2.45, 2.75) is 26.2 Å². The molecule has 1 aliphatic rings. The van der Waals surface area contributed by atoms with Crippen LogP contribution < -0.4 is 0 Å². The van der Waals surface area contributed by atoms with Crippen LogP contribution in [0.3, 0.4) is 0 Å². The summed E-state index contributed by atoms with van der Waals surface area (Å²) >= 11 is 0. The minimum Gasteiger partial charge on any atom is -0.411 e. The lowest BCUT2D eigenvalue weighted by molar-refractivity contribution is 0.253. The van der Waals surface area contributed by atoms with Crippen LogP contribution >= 0.6 is 0 Å². The molecule has 0 bridgehead atoms. The lowest BCUT2D eigenvalue weighted by atomic mass is 10.1. The topological polar surface area (TPSA) is 68.4 Å². The van der Waals surface area contributed by atoms with Crippen molar-refractivity contribution in [2.75, 3.05) is 19.6 Å². The van der Waals surface area contributed by atoms with E-state index in [-0.39, 0.29) is 0 Å². The van der Waals surface area contributed by atoms with E-state index in [4.69, 9.17) is 10.4 Å². The minimum atomic E-state index is 0.373. The van der Waals surface area contributed by atoms with Gasteiger partial charge in [0, 0.05) is 6.54 Å². The van der Waals surface area contributed by atoms with Gasteiger partial charge in [-0.1, -0.05) is 16.7 Å². The van der Waals surface area contributed by atoms with E-state index in [0.717, 1.165) is 13.1 Å². The quantitative estimate of drug-likeness (QED) is 0.407. The minimum absolute atomic E-state index is 0.373. The van der Waals surface area contributed by atoms with Crippen LogP contribution in [0.2, 0.25) is 0 Å². The molecule has 1 aliphatic heterocycles. The van der Waals surface area contributed by atoms with Crippen LogP contribution in [0.5, 0.6) is 0 Å². The third kappa shape index (κ3) is 2.99. The van der Waals surface area contributed by atoms with Gasteiger partial charge in [0.2, 0.25) is 0 Å². The van der Waals surface area contributed by atoms with Gasteiger partial charge in [0.25, 0.3) is 0 Å². The normalized spacial score (nSPS) is 21.2. The van der Waals surface area contributed by atoms with E-state index in [1.165, 1.54) is 19.3 Å². The molecule has 14 heavy (non-hydrogen) atoms. The first-order chi connectivity index (χ1) is 6.77. The van der Waals surface area contributed by atoms with Crippen molar-refractivity contribution < 1.29 is 10.4 Å². The van der Waals surface area contributed by atoms with Crippen molar-refractivity contribution in [1.29, 1.82) is 0 Å². The van der Waals surface area contributed by atoms with Crippen LogP contribution in [-0.4, -0.2) is 46.4 Å². The van der Waals surface area contributed by atoms with Crippen LogP contribution in [-0.2, 0) is 0 Å². The van der Waals surface area contributed by atoms with E-state index in [1.807, 2.05) is 0 Å². The molecule has 5 heteroatoms. The molecule has 0 aromatic rings. The summed E-state index contributed by atoms with van der Waals surface area (Å²) in [6.07, 6.45) is 3.65. The van der Waals surface area contributed by atoms with Gasteiger partial charge in [-0.3, -0.25) is 4.90 Å². The predicted molar refractivity (Wildman–Crippen MR) is 54.4 cm³/mol. The first-order valence-electron chi connectivity index (χ1n) is 4.90. The average Bonchev–Trinajstić information content (AvgIpc) is 2.26. The van der Waals surface area contributed by atoms with Crippen LogP contribution in [0.4, 0.5) is 0 Å². The second kappa shape index (κ2) is 5.59. The van der Waals surface area contributed by atoms with Gasteiger partial charge < -0.3 is 10.4 Å². The molecule has 80 valence electrons. The monoisotopic (exact) mass is 199 g/mol. The van der Waals surface area contributed by atoms with Crippen LogP contribution in [0.15, 0.2) is 10.3 Å². The maximum Gasteiger partial charge on any atom is 0.118 e. The Hall–Kier alpha value is -1.10. The molecule has 0 aromatic heterocycles. The van der Waals surface area contributed by atoms with E-state index in [9.17, 15) is 0 Å². The molecule has 1 fully saturated rings. The van der Waals surface area contributed by atoms with Crippen molar-refractivity contribution in [3.63, 3.8) is 0 Å². The zero-order chi connectivity index (χ0) is 10.4. The Morgan fingerprint density at radius 2 is 1.79 bits per heavy atom. The number of hydrogen-bond acceptors (Lipinski definition) is 5. The molecule has 0 atom stereocenters. The smallest absolute Gasteiger partial charge is 0.118 e. The molecule has 0 saturated carbocycles. The lowest BCUT2D eigenvalue weighted by Gasteiger charge is -2.26. The van der Waals surface area contributed by atoms with Crippen LogP contribution in [0, 0.1) is 0 Å². The fourth-order valence-corrected chi connectivity index (χ4v) is 1.61. The fourth-order valence-electron chi connectivity index (χ4n) is 1.61. The molecule has 1 rings (SSSR count). The maximum absolute atomic E-state index is 8.73. The van der Waals surface area contributed by atoms with Crippen molar-refractivity contribution in [3.8, 4) is 0 Å². The predicted octanol–water partition coefficient (Wildman–Crippen LogP) is 1.15. The standard InChI is InChI=1S/C9H17N3O2/c1-8(10-13)9(11-14)7-12-5-3-2-4-6-12/h13-14H,2-7H2,1H3. The number of likely N-dealkylation sites (tertiary alicyclic amines) is 1. The highest BCUT2D eigenvalue weighted by molar-refractivity contribution is 6.41. The number of piperidine rings is 1. The summed E-state index contributed by atoms with van der Waals surface area (Å²) in [6, 6.07) is 0. The molecule has 0 aliphatic carbocycles. The van der Waals surface area contributed by atoms with Gasteiger partial charge in [-0.25, -0.2) is 0 Å². The highest BCUT2D eigenvalue weighted by Crippen LogP contribution is 2.08. The van der Waals surface area contributed by atoms with Gasteiger partial charge >= 0.3 is 0 Å². The highest BCUT2D eigenvalue weighted by Gasteiger charge is 2.14. The summed E-state index contributed by atoms with van der Waals surface area (Å²) in [5.41, 5.74) is 0.812. The zero-order valence-electron chi connectivity index (χ0n) is 8.48. The highest BCUT2D eigenvalue weighted by atomic mass is 16.4. The largest absolute Gasteiger partial charge is 0.411 e. The van der Waals surface area contributed by atoms with Crippen molar-refractivity contribution in [3.05, 3.63) is 0 Å². The number of oxime groups is 2. The van der Waals surface area contributed by atoms with E-state index in [2.05, 4.69) is 15.2 Å². The Kier molecular flexibility index (Phi) is 4.39. The Morgan fingerprint density at radius 1 is 1.14 bits per heavy atom. The second-order valence-electron chi connectivity index (χ2n) is 3.57. The summed E-state index contributed by atoms with van der Waals surface area (Å²) in [7, 11) is 0. The van der Waals surface area contributed by atoms with Gasteiger partial charge in [-0.2, -0.15) is 0 Å². The van der Waals surface area contributed by atoms with E-state index in [1.54, 1.807) is 6.92 Å². The Labute approximate surface area is 83.7 Å². The first-order valence-corrected chi connectivity index (χ1v) is 4.90. The number of nitrogens with zero attached hydrogens (tertiary/aromatic N) is 3. The molecular formula is C9H17N3O2. The molecule has 1 heterocycles. The van der Waals surface area contributed by atoms with Gasteiger partial charge in [-0.05, 0) is 32.9 Å². The van der Waals surface area contributed by atoms with Gasteiger partial charge in [0.05, 0.1) is 0 Å². The molecule has 2 N–H and O–H groups in total. The SMILES string of the molecule is CC(=NO)C(CN1CCCCC1)=NO. The Balaban J connectivity index is 2.48. The van der Waals surface area contributed by atoms with Crippen LogP contribution in [0.25, 0.3) is 0 Å². The van der Waals surface area contributed by atoms with Gasteiger partial charge in [0.1, 0.15) is 11.4 Å². The number of hydrogen-bond donors (Lipinski definition) is 2. The molecule has 0 spiro atoms. The Morgan fingerprint density at radius 3 is 2.29 bits per heavy atom. The Bertz CT molecular complexity index is 232. The van der Waals surface area contributed by atoms with E-state index < -0.39 is 0 Å². The zero-order valence-corrected chi connectivity index (χ0v) is 8.48. The number of rotatable bonds is 3. The lowest BCUT2D eigenvalue weighted by Crippen LogP contribution is -2.36. The van der Waals surface area contributed by atoms with Gasteiger partial charge in [0.15, 0.2) is 0 Å². The van der Waals surface area contributed by atoms with Crippen molar-refractivity contribution in [1.82, 2.24) is 4.90 Å². The summed E-state index contributed by atoms with van der Waals surface area (Å²) in [6.45, 7) is 4.24. The molecule has 0 unspecified atom stereocenters. The summed E-state index contributed by atoms with van der Waals surface area (Å²) in [5, 5.41) is 23.4.